The summed E-state index contributed by atoms with van der Waals surface area (Å²) in [6.45, 7) is 4.23. The van der Waals surface area contributed by atoms with Gasteiger partial charge in [0.25, 0.3) is 0 Å². The predicted octanol–water partition coefficient (Wildman–Crippen LogP) is 13.4. The van der Waals surface area contributed by atoms with Crippen LogP contribution in [0.4, 0.5) is 0 Å². The lowest BCUT2D eigenvalue weighted by molar-refractivity contribution is 1.18. The SMILES string of the molecule is C=C/C(=C\CC=Cc1ccccc1)n1c2ccccc2c2cc(-c3cccc4c5ccccc5n(-c5ccc(-c6ccccc6)cc5)c34)ccc21. The van der Waals surface area contributed by atoms with E-state index in [1.807, 2.05) is 12.1 Å². The van der Waals surface area contributed by atoms with Gasteiger partial charge in [0, 0.05) is 38.5 Å². The number of nitrogens with zero attached hydrogens (tertiary/aromatic N) is 2. The lowest BCUT2D eigenvalue weighted by atomic mass is 9.99. The Morgan fingerprint density at radius 2 is 1.12 bits per heavy atom. The van der Waals surface area contributed by atoms with Crippen molar-refractivity contribution in [1.29, 1.82) is 0 Å². The molecular weight excluding hydrogens is 617 g/mol. The van der Waals surface area contributed by atoms with Gasteiger partial charge >= 0.3 is 0 Å². The Labute approximate surface area is 298 Å². The smallest absolute Gasteiger partial charge is 0.0619 e. The second-order valence-electron chi connectivity index (χ2n) is 12.9. The molecule has 0 atom stereocenters. The van der Waals surface area contributed by atoms with Gasteiger partial charge in [-0.05, 0) is 71.1 Å². The van der Waals surface area contributed by atoms with Gasteiger partial charge in [-0.15, -0.1) is 0 Å². The Balaban J connectivity index is 1.19. The molecular formula is C49H36N2. The fourth-order valence-corrected chi connectivity index (χ4v) is 7.59. The first-order valence-corrected chi connectivity index (χ1v) is 17.5. The van der Waals surface area contributed by atoms with Gasteiger partial charge in [-0.25, -0.2) is 0 Å². The fraction of sp³-hybridized carbons (Fsp3) is 0.0204. The third-order valence-electron chi connectivity index (χ3n) is 9.95. The summed E-state index contributed by atoms with van der Waals surface area (Å²) < 4.78 is 4.79. The number of benzene rings is 7. The van der Waals surface area contributed by atoms with E-state index >= 15 is 0 Å². The molecule has 0 aliphatic carbocycles. The molecule has 0 bridgehead atoms. The van der Waals surface area contributed by atoms with Crippen LogP contribution >= 0.6 is 0 Å². The molecule has 9 aromatic rings. The van der Waals surface area contributed by atoms with Crippen molar-refractivity contribution in [3.05, 3.63) is 200 Å². The predicted molar refractivity (Wildman–Crippen MR) is 219 cm³/mol. The van der Waals surface area contributed by atoms with Crippen molar-refractivity contribution in [2.75, 3.05) is 0 Å². The van der Waals surface area contributed by atoms with E-state index in [0.29, 0.717) is 0 Å². The molecule has 2 aromatic heterocycles. The Kier molecular flexibility index (Phi) is 7.75. The minimum absolute atomic E-state index is 0.807. The number of para-hydroxylation sites is 3. The highest BCUT2D eigenvalue weighted by molar-refractivity contribution is 6.16. The molecule has 2 heteroatoms. The summed E-state index contributed by atoms with van der Waals surface area (Å²) in [7, 11) is 0. The minimum Gasteiger partial charge on any atom is -0.310 e. The van der Waals surface area contributed by atoms with Gasteiger partial charge in [-0.1, -0.05) is 158 Å². The van der Waals surface area contributed by atoms with Crippen LogP contribution in [0.2, 0.25) is 0 Å². The van der Waals surface area contributed by atoms with E-state index in [4.69, 9.17) is 0 Å². The highest BCUT2D eigenvalue weighted by Crippen LogP contribution is 2.41. The first-order valence-electron chi connectivity index (χ1n) is 17.5. The van der Waals surface area contributed by atoms with Crippen LogP contribution in [-0.2, 0) is 0 Å². The molecule has 51 heavy (non-hydrogen) atoms. The molecule has 2 nitrogen and oxygen atoms in total. The summed E-state index contributed by atoms with van der Waals surface area (Å²) in [5, 5.41) is 4.95. The molecule has 0 aliphatic rings. The van der Waals surface area contributed by atoms with E-state index in [0.717, 1.165) is 17.8 Å². The molecule has 7 aromatic carbocycles. The van der Waals surface area contributed by atoms with Gasteiger partial charge in [0.2, 0.25) is 0 Å². The molecule has 0 N–H and O–H groups in total. The van der Waals surface area contributed by atoms with Crippen molar-refractivity contribution in [2.24, 2.45) is 0 Å². The number of allylic oxidation sites excluding steroid dienone is 4. The molecule has 0 fully saturated rings. The van der Waals surface area contributed by atoms with Gasteiger partial charge < -0.3 is 9.13 Å². The molecule has 0 unspecified atom stereocenters. The number of hydrogen-bond donors (Lipinski definition) is 0. The van der Waals surface area contributed by atoms with E-state index in [9.17, 15) is 0 Å². The second kappa shape index (κ2) is 13.0. The molecule has 0 saturated heterocycles. The molecule has 0 radical (unpaired) electrons. The van der Waals surface area contributed by atoms with Crippen LogP contribution in [0, 0.1) is 0 Å². The third kappa shape index (κ3) is 5.39. The van der Waals surface area contributed by atoms with Gasteiger partial charge in [-0.3, -0.25) is 0 Å². The monoisotopic (exact) mass is 652 g/mol. The lowest BCUT2D eigenvalue weighted by Crippen LogP contribution is -1.96. The maximum atomic E-state index is 4.23. The zero-order valence-corrected chi connectivity index (χ0v) is 28.3. The fourth-order valence-electron chi connectivity index (χ4n) is 7.59. The van der Waals surface area contributed by atoms with Crippen LogP contribution < -0.4 is 0 Å². The van der Waals surface area contributed by atoms with Crippen LogP contribution in [0.25, 0.3) is 83.3 Å². The van der Waals surface area contributed by atoms with Crippen LogP contribution in [0.3, 0.4) is 0 Å². The molecule has 0 aliphatic heterocycles. The maximum absolute atomic E-state index is 4.23. The third-order valence-corrected chi connectivity index (χ3v) is 9.95. The standard InChI is InChI=1S/C49H36N2/c1-2-39(21-10-9-18-35-16-5-3-6-17-35)50-46-26-13-12-23-43(46)45-34-38(30-33-48(45)50)41-24-15-25-44-42-22-11-14-27-47(42)51(49(41)44)40-31-28-37(29-32-40)36-19-7-4-8-20-36/h2-9,11-34H,1,10H2/b18-9?,39-21+. The first kappa shape index (κ1) is 30.4. The largest absolute Gasteiger partial charge is 0.310 e. The van der Waals surface area contributed by atoms with Crippen molar-refractivity contribution in [2.45, 2.75) is 6.42 Å². The van der Waals surface area contributed by atoms with Crippen molar-refractivity contribution < 1.29 is 0 Å². The van der Waals surface area contributed by atoms with E-state index in [2.05, 4.69) is 198 Å². The highest BCUT2D eigenvalue weighted by Gasteiger charge is 2.18. The van der Waals surface area contributed by atoms with Crippen molar-refractivity contribution in [3.8, 4) is 27.9 Å². The van der Waals surface area contributed by atoms with E-state index < -0.39 is 0 Å². The van der Waals surface area contributed by atoms with Gasteiger partial charge in [0.05, 0.1) is 22.1 Å². The number of rotatable bonds is 8. The topological polar surface area (TPSA) is 9.86 Å². The van der Waals surface area contributed by atoms with E-state index in [1.54, 1.807) is 0 Å². The molecule has 0 amide bonds. The summed E-state index contributed by atoms with van der Waals surface area (Å²) in [5.74, 6) is 0. The van der Waals surface area contributed by atoms with Gasteiger partial charge in [0.1, 0.15) is 0 Å². The van der Waals surface area contributed by atoms with Gasteiger partial charge in [-0.2, -0.15) is 0 Å². The lowest BCUT2D eigenvalue weighted by Gasteiger charge is -2.13. The van der Waals surface area contributed by atoms with Crippen molar-refractivity contribution in [1.82, 2.24) is 9.13 Å². The summed E-state index contributed by atoms with van der Waals surface area (Å²) in [6.07, 6.45) is 9.42. The Hall–Kier alpha value is -6.64. The van der Waals surface area contributed by atoms with Crippen LogP contribution in [0.5, 0.6) is 0 Å². The summed E-state index contributed by atoms with van der Waals surface area (Å²) >= 11 is 0. The van der Waals surface area contributed by atoms with Crippen molar-refractivity contribution >= 4 is 55.4 Å². The normalized spacial score (nSPS) is 12.1. The van der Waals surface area contributed by atoms with Crippen LogP contribution in [0.15, 0.2) is 195 Å². The summed E-state index contributed by atoms with van der Waals surface area (Å²) in [4.78, 5) is 0. The minimum atomic E-state index is 0.807. The highest BCUT2D eigenvalue weighted by atomic mass is 15.0. The Bertz CT molecular complexity index is 2760. The second-order valence-corrected chi connectivity index (χ2v) is 12.9. The average Bonchev–Trinajstić information content (AvgIpc) is 3.72. The Morgan fingerprint density at radius 1 is 0.510 bits per heavy atom. The Morgan fingerprint density at radius 3 is 1.88 bits per heavy atom. The number of fused-ring (bicyclic) bond motifs is 6. The van der Waals surface area contributed by atoms with Gasteiger partial charge in [0.15, 0.2) is 0 Å². The molecule has 0 saturated carbocycles. The zero-order valence-electron chi connectivity index (χ0n) is 28.3. The van der Waals surface area contributed by atoms with Crippen LogP contribution in [0.1, 0.15) is 12.0 Å². The maximum Gasteiger partial charge on any atom is 0.0619 e. The first-order chi connectivity index (χ1) is 25.3. The summed E-state index contributed by atoms with van der Waals surface area (Å²) in [5.41, 5.74) is 13.0. The quantitative estimate of drug-likeness (QED) is 0.145. The summed E-state index contributed by atoms with van der Waals surface area (Å²) in [6, 6.07) is 61.1. The number of hydrogen-bond acceptors (Lipinski definition) is 0. The molecule has 242 valence electrons. The zero-order chi connectivity index (χ0) is 34.1. The van der Waals surface area contributed by atoms with Crippen molar-refractivity contribution in [3.63, 3.8) is 0 Å². The average molecular weight is 653 g/mol. The van der Waals surface area contributed by atoms with E-state index in [-0.39, 0.29) is 0 Å². The molecule has 0 spiro atoms. The number of aromatic nitrogens is 2. The van der Waals surface area contributed by atoms with Crippen LogP contribution in [-0.4, -0.2) is 9.13 Å². The molecule has 9 rings (SSSR count). The van der Waals surface area contributed by atoms with E-state index in [1.165, 1.54) is 71.4 Å². The molecule has 2 heterocycles.